The zero-order valence-corrected chi connectivity index (χ0v) is 9.88. The van der Waals surface area contributed by atoms with Gasteiger partial charge in [0.05, 0.1) is 18.8 Å². The highest BCUT2D eigenvalue weighted by atomic mass is 16.5. The predicted octanol–water partition coefficient (Wildman–Crippen LogP) is 1.47. The Morgan fingerprint density at radius 1 is 1.47 bits per heavy atom. The SMILES string of the molecule is CCC(O)(CC)CNCC1=CCCOC1. The molecule has 0 aromatic rings. The van der Waals surface area contributed by atoms with Crippen LogP contribution in [0.2, 0.25) is 0 Å². The van der Waals surface area contributed by atoms with E-state index in [0.29, 0.717) is 6.54 Å². The van der Waals surface area contributed by atoms with Crippen molar-refractivity contribution in [2.75, 3.05) is 26.3 Å². The van der Waals surface area contributed by atoms with Gasteiger partial charge in [-0.05, 0) is 24.8 Å². The van der Waals surface area contributed by atoms with Crippen molar-refractivity contribution in [2.24, 2.45) is 0 Å². The average molecular weight is 213 g/mol. The molecule has 3 nitrogen and oxygen atoms in total. The Labute approximate surface area is 92.5 Å². The second-order valence-electron chi connectivity index (χ2n) is 4.24. The van der Waals surface area contributed by atoms with Gasteiger partial charge in [-0.2, -0.15) is 0 Å². The molecule has 0 amide bonds. The predicted molar refractivity (Wildman–Crippen MR) is 61.9 cm³/mol. The summed E-state index contributed by atoms with van der Waals surface area (Å²) in [6, 6.07) is 0. The maximum absolute atomic E-state index is 10.0. The number of aliphatic hydroxyl groups is 1. The van der Waals surface area contributed by atoms with Gasteiger partial charge >= 0.3 is 0 Å². The van der Waals surface area contributed by atoms with Crippen LogP contribution >= 0.6 is 0 Å². The van der Waals surface area contributed by atoms with E-state index in [2.05, 4.69) is 11.4 Å². The molecule has 1 aliphatic rings. The molecular weight excluding hydrogens is 190 g/mol. The number of rotatable bonds is 6. The molecule has 0 spiro atoms. The number of hydrogen-bond acceptors (Lipinski definition) is 3. The summed E-state index contributed by atoms with van der Waals surface area (Å²) >= 11 is 0. The molecule has 0 radical (unpaired) electrons. The summed E-state index contributed by atoms with van der Waals surface area (Å²) in [7, 11) is 0. The van der Waals surface area contributed by atoms with Gasteiger partial charge < -0.3 is 15.2 Å². The zero-order chi connectivity index (χ0) is 11.1. The van der Waals surface area contributed by atoms with E-state index in [1.165, 1.54) is 5.57 Å². The molecule has 0 bridgehead atoms. The molecule has 0 atom stereocenters. The minimum absolute atomic E-state index is 0.546. The first-order chi connectivity index (χ1) is 7.20. The first kappa shape index (κ1) is 12.7. The minimum atomic E-state index is -0.546. The van der Waals surface area contributed by atoms with Gasteiger partial charge in [0.15, 0.2) is 0 Å². The molecule has 0 aliphatic carbocycles. The molecule has 3 heteroatoms. The van der Waals surface area contributed by atoms with E-state index in [4.69, 9.17) is 4.74 Å². The van der Waals surface area contributed by atoms with Crippen LogP contribution in [-0.2, 0) is 4.74 Å². The molecule has 0 fully saturated rings. The van der Waals surface area contributed by atoms with Gasteiger partial charge in [0.25, 0.3) is 0 Å². The van der Waals surface area contributed by atoms with Crippen LogP contribution in [0.25, 0.3) is 0 Å². The maximum atomic E-state index is 10.0. The van der Waals surface area contributed by atoms with Crippen molar-refractivity contribution in [3.8, 4) is 0 Å². The number of hydrogen-bond donors (Lipinski definition) is 2. The van der Waals surface area contributed by atoms with E-state index in [-0.39, 0.29) is 0 Å². The normalized spacial score (nSPS) is 17.7. The summed E-state index contributed by atoms with van der Waals surface area (Å²) in [6.07, 6.45) is 4.84. The van der Waals surface area contributed by atoms with Gasteiger partial charge in [-0.15, -0.1) is 0 Å². The second-order valence-corrected chi connectivity index (χ2v) is 4.24. The molecule has 0 saturated carbocycles. The largest absolute Gasteiger partial charge is 0.389 e. The lowest BCUT2D eigenvalue weighted by Gasteiger charge is -2.26. The lowest BCUT2D eigenvalue weighted by atomic mass is 9.97. The second kappa shape index (κ2) is 6.26. The molecule has 1 rings (SSSR count). The van der Waals surface area contributed by atoms with E-state index >= 15 is 0 Å². The maximum Gasteiger partial charge on any atom is 0.0766 e. The van der Waals surface area contributed by atoms with Crippen molar-refractivity contribution in [3.63, 3.8) is 0 Å². The third-order valence-electron chi connectivity index (χ3n) is 3.11. The Bertz CT molecular complexity index is 210. The fourth-order valence-corrected chi connectivity index (χ4v) is 1.69. The van der Waals surface area contributed by atoms with Crippen LogP contribution in [0.5, 0.6) is 0 Å². The van der Waals surface area contributed by atoms with Crippen LogP contribution in [0.3, 0.4) is 0 Å². The summed E-state index contributed by atoms with van der Waals surface area (Å²) < 4.78 is 5.35. The minimum Gasteiger partial charge on any atom is -0.389 e. The van der Waals surface area contributed by atoms with Crippen molar-refractivity contribution in [2.45, 2.75) is 38.7 Å². The van der Waals surface area contributed by atoms with Gasteiger partial charge in [0.1, 0.15) is 0 Å². The highest BCUT2D eigenvalue weighted by Gasteiger charge is 2.21. The molecule has 15 heavy (non-hydrogen) atoms. The van der Waals surface area contributed by atoms with Gasteiger partial charge in [-0.1, -0.05) is 19.9 Å². The third-order valence-corrected chi connectivity index (χ3v) is 3.11. The average Bonchev–Trinajstić information content (AvgIpc) is 2.30. The van der Waals surface area contributed by atoms with Gasteiger partial charge in [-0.3, -0.25) is 0 Å². The summed E-state index contributed by atoms with van der Waals surface area (Å²) in [5.74, 6) is 0. The molecule has 0 aromatic heterocycles. The van der Waals surface area contributed by atoms with Crippen molar-refractivity contribution >= 4 is 0 Å². The van der Waals surface area contributed by atoms with Crippen LogP contribution in [0, 0.1) is 0 Å². The van der Waals surface area contributed by atoms with E-state index in [1.54, 1.807) is 0 Å². The van der Waals surface area contributed by atoms with Gasteiger partial charge in [0.2, 0.25) is 0 Å². The summed E-state index contributed by atoms with van der Waals surface area (Å²) in [4.78, 5) is 0. The first-order valence-electron chi connectivity index (χ1n) is 5.89. The topological polar surface area (TPSA) is 41.5 Å². The lowest BCUT2D eigenvalue weighted by Crippen LogP contribution is -2.40. The Balaban J connectivity index is 2.22. The molecule has 2 N–H and O–H groups in total. The molecule has 0 saturated heterocycles. The standard InChI is InChI=1S/C12H23NO2/c1-3-12(14,4-2)10-13-8-11-6-5-7-15-9-11/h6,13-14H,3-5,7-10H2,1-2H3. The van der Waals surface area contributed by atoms with E-state index in [0.717, 1.165) is 39.0 Å². The van der Waals surface area contributed by atoms with Crippen LogP contribution in [-0.4, -0.2) is 37.0 Å². The Morgan fingerprint density at radius 2 is 2.20 bits per heavy atom. The van der Waals surface area contributed by atoms with Crippen molar-refractivity contribution < 1.29 is 9.84 Å². The Morgan fingerprint density at radius 3 is 2.73 bits per heavy atom. The fraction of sp³-hybridized carbons (Fsp3) is 0.833. The zero-order valence-electron chi connectivity index (χ0n) is 9.88. The Hall–Kier alpha value is -0.380. The van der Waals surface area contributed by atoms with Crippen molar-refractivity contribution in [1.82, 2.24) is 5.32 Å². The highest BCUT2D eigenvalue weighted by Crippen LogP contribution is 2.13. The number of ether oxygens (including phenoxy) is 1. The molecule has 0 aromatic carbocycles. The molecular formula is C12H23NO2. The smallest absolute Gasteiger partial charge is 0.0766 e. The van der Waals surface area contributed by atoms with Crippen LogP contribution in [0.1, 0.15) is 33.1 Å². The van der Waals surface area contributed by atoms with Gasteiger partial charge in [-0.25, -0.2) is 0 Å². The van der Waals surface area contributed by atoms with Crippen molar-refractivity contribution in [3.05, 3.63) is 11.6 Å². The third kappa shape index (κ3) is 4.33. The highest BCUT2D eigenvalue weighted by molar-refractivity contribution is 5.06. The van der Waals surface area contributed by atoms with Gasteiger partial charge in [0, 0.05) is 13.1 Å². The quantitative estimate of drug-likeness (QED) is 0.657. The molecule has 1 aliphatic heterocycles. The first-order valence-corrected chi connectivity index (χ1v) is 5.89. The van der Waals surface area contributed by atoms with Crippen LogP contribution in [0.15, 0.2) is 11.6 Å². The van der Waals surface area contributed by atoms with Crippen LogP contribution in [0.4, 0.5) is 0 Å². The molecule has 0 unspecified atom stereocenters. The monoisotopic (exact) mass is 213 g/mol. The van der Waals surface area contributed by atoms with E-state index in [9.17, 15) is 5.11 Å². The van der Waals surface area contributed by atoms with E-state index < -0.39 is 5.60 Å². The Kier molecular flexibility index (Phi) is 5.29. The summed E-state index contributed by atoms with van der Waals surface area (Å²) in [5, 5.41) is 13.3. The summed E-state index contributed by atoms with van der Waals surface area (Å²) in [5.41, 5.74) is 0.756. The molecule has 1 heterocycles. The van der Waals surface area contributed by atoms with E-state index in [1.807, 2.05) is 13.8 Å². The van der Waals surface area contributed by atoms with Crippen molar-refractivity contribution in [1.29, 1.82) is 0 Å². The number of nitrogens with one attached hydrogen (secondary N) is 1. The molecule has 88 valence electrons. The fourth-order valence-electron chi connectivity index (χ4n) is 1.69. The van der Waals surface area contributed by atoms with Crippen LogP contribution < -0.4 is 5.32 Å². The summed E-state index contributed by atoms with van der Waals surface area (Å²) in [6.45, 7) is 7.13. The lowest BCUT2D eigenvalue weighted by molar-refractivity contribution is 0.0330.